The molecule has 30 heavy (non-hydrogen) atoms. The van der Waals surface area contributed by atoms with Gasteiger partial charge in [0.2, 0.25) is 5.91 Å². The van der Waals surface area contributed by atoms with E-state index in [1.807, 2.05) is 42.8 Å². The number of fused-ring (bicyclic) bond motifs is 1. The van der Waals surface area contributed by atoms with Crippen molar-refractivity contribution in [1.82, 2.24) is 15.0 Å². The number of hydrazone groups is 1. The Balaban J connectivity index is 1.63. The second kappa shape index (κ2) is 9.55. The van der Waals surface area contributed by atoms with E-state index in [0.29, 0.717) is 29.5 Å². The number of primary amides is 1. The number of rotatable bonds is 9. The highest BCUT2D eigenvalue weighted by molar-refractivity contribution is 5.84. The fourth-order valence-corrected chi connectivity index (χ4v) is 2.86. The molecule has 0 aliphatic rings. The first-order chi connectivity index (χ1) is 14.5. The van der Waals surface area contributed by atoms with E-state index >= 15 is 0 Å². The average Bonchev–Trinajstić information content (AvgIpc) is 3.03. The molecule has 3 aromatic rings. The summed E-state index contributed by atoms with van der Waals surface area (Å²) >= 11 is 0. The number of hydrogen-bond donors (Lipinski definition) is 2. The molecule has 9 nitrogen and oxygen atoms in total. The summed E-state index contributed by atoms with van der Waals surface area (Å²) in [5, 5.41) is 3.99. The van der Waals surface area contributed by atoms with Crippen LogP contribution in [0.4, 0.5) is 0 Å². The number of aryl methyl sites for hydroxylation is 1. The summed E-state index contributed by atoms with van der Waals surface area (Å²) in [5.41, 5.74) is 10.1. The van der Waals surface area contributed by atoms with Crippen molar-refractivity contribution in [1.29, 1.82) is 0 Å². The third-order valence-electron chi connectivity index (χ3n) is 4.24. The van der Waals surface area contributed by atoms with Crippen molar-refractivity contribution in [3.63, 3.8) is 0 Å². The van der Waals surface area contributed by atoms with Crippen LogP contribution in [0.3, 0.4) is 0 Å². The Kier molecular flexibility index (Phi) is 6.63. The summed E-state index contributed by atoms with van der Waals surface area (Å²) in [6.07, 6.45) is 1.60. The number of nitrogens with zero attached hydrogens (tertiary/aromatic N) is 3. The quantitative estimate of drug-likeness (QED) is 0.410. The predicted octanol–water partition coefficient (Wildman–Crippen LogP) is 1.53. The number of amides is 2. The van der Waals surface area contributed by atoms with Crippen LogP contribution in [0, 0.1) is 0 Å². The highest BCUT2D eigenvalue weighted by Crippen LogP contribution is 2.28. The summed E-state index contributed by atoms with van der Waals surface area (Å²) in [7, 11) is 1.87. The second-order valence-electron chi connectivity index (χ2n) is 6.44. The van der Waals surface area contributed by atoms with Crippen LogP contribution in [0.1, 0.15) is 18.3 Å². The Hall–Kier alpha value is -3.88. The van der Waals surface area contributed by atoms with Crippen LogP contribution >= 0.6 is 0 Å². The molecule has 0 spiro atoms. The molecule has 1 aromatic heterocycles. The normalized spacial score (nSPS) is 11.0. The lowest BCUT2D eigenvalue weighted by atomic mass is 10.2. The molecule has 0 saturated heterocycles. The highest BCUT2D eigenvalue weighted by Gasteiger charge is 2.11. The standard InChI is InChI=1S/C21H23N5O4/c1-3-29-18-10-14(8-9-17(18)30-13-19(22)27)12-23-25-21(28)11-20-24-15-6-4-5-7-16(15)26(20)2/h4-10,12H,3,11,13H2,1-2H3,(H2,22,27)(H,25,28). The van der Waals surface area contributed by atoms with E-state index in [1.165, 1.54) is 6.21 Å². The first-order valence-electron chi connectivity index (χ1n) is 9.38. The zero-order valence-electron chi connectivity index (χ0n) is 16.8. The third kappa shape index (κ3) is 5.13. The van der Waals surface area contributed by atoms with Crippen molar-refractivity contribution < 1.29 is 19.1 Å². The number of para-hydroxylation sites is 2. The van der Waals surface area contributed by atoms with Crippen LogP contribution in [0.25, 0.3) is 11.0 Å². The monoisotopic (exact) mass is 409 g/mol. The smallest absolute Gasteiger partial charge is 0.255 e. The lowest BCUT2D eigenvalue weighted by molar-refractivity contribution is -0.121. The van der Waals surface area contributed by atoms with Crippen LogP contribution in [-0.4, -0.2) is 40.8 Å². The molecule has 1 heterocycles. The highest BCUT2D eigenvalue weighted by atomic mass is 16.5. The Morgan fingerprint density at radius 2 is 2.00 bits per heavy atom. The molecule has 0 bridgehead atoms. The SMILES string of the molecule is CCOc1cc(C=NNC(=O)Cc2nc3ccccc3n2C)ccc1OCC(N)=O. The molecule has 0 unspecified atom stereocenters. The van der Waals surface area contributed by atoms with Crippen LogP contribution in [0.5, 0.6) is 11.5 Å². The molecule has 9 heteroatoms. The second-order valence-corrected chi connectivity index (χ2v) is 6.44. The number of hydrogen-bond acceptors (Lipinski definition) is 6. The Bertz CT molecular complexity index is 1090. The van der Waals surface area contributed by atoms with Crippen molar-refractivity contribution in [3.8, 4) is 11.5 Å². The van der Waals surface area contributed by atoms with E-state index < -0.39 is 5.91 Å². The number of nitrogens with two attached hydrogens (primary N) is 1. The van der Waals surface area contributed by atoms with Gasteiger partial charge in [0.1, 0.15) is 5.82 Å². The number of ether oxygens (including phenoxy) is 2. The molecule has 2 amide bonds. The fraction of sp³-hybridized carbons (Fsp3) is 0.238. The number of carbonyl (C=O) groups is 2. The van der Waals surface area contributed by atoms with Crippen molar-refractivity contribution >= 4 is 29.1 Å². The molecule has 0 aliphatic heterocycles. The Labute approximate surface area is 173 Å². The minimum atomic E-state index is -0.577. The van der Waals surface area contributed by atoms with E-state index in [1.54, 1.807) is 18.2 Å². The van der Waals surface area contributed by atoms with E-state index in [9.17, 15) is 9.59 Å². The molecule has 3 rings (SSSR count). The maximum absolute atomic E-state index is 12.2. The number of imidazole rings is 1. The maximum atomic E-state index is 12.2. The van der Waals surface area contributed by atoms with Gasteiger partial charge in [-0.15, -0.1) is 0 Å². The van der Waals surface area contributed by atoms with Gasteiger partial charge in [-0.1, -0.05) is 12.1 Å². The third-order valence-corrected chi connectivity index (χ3v) is 4.24. The predicted molar refractivity (Wildman–Crippen MR) is 112 cm³/mol. The zero-order valence-corrected chi connectivity index (χ0v) is 16.8. The largest absolute Gasteiger partial charge is 0.490 e. The number of benzene rings is 2. The molecule has 156 valence electrons. The van der Waals surface area contributed by atoms with E-state index in [4.69, 9.17) is 15.2 Å². The fourth-order valence-electron chi connectivity index (χ4n) is 2.86. The number of nitrogens with one attached hydrogen (secondary N) is 1. The molecular formula is C21H23N5O4. The zero-order chi connectivity index (χ0) is 21.5. The average molecular weight is 409 g/mol. The van der Waals surface area contributed by atoms with E-state index in [2.05, 4.69) is 15.5 Å². The van der Waals surface area contributed by atoms with Crippen LogP contribution in [0.15, 0.2) is 47.6 Å². The lowest BCUT2D eigenvalue weighted by Gasteiger charge is -2.11. The van der Waals surface area contributed by atoms with Gasteiger partial charge in [0.05, 0.1) is 30.3 Å². The molecule has 0 fully saturated rings. The molecule has 0 saturated carbocycles. The summed E-state index contributed by atoms with van der Waals surface area (Å²) in [5.74, 6) is 0.647. The van der Waals surface area contributed by atoms with Gasteiger partial charge >= 0.3 is 0 Å². The van der Waals surface area contributed by atoms with Crippen LogP contribution < -0.4 is 20.6 Å². The van der Waals surface area contributed by atoms with Crippen molar-refractivity contribution in [3.05, 3.63) is 53.9 Å². The van der Waals surface area contributed by atoms with Gasteiger partial charge < -0.3 is 19.8 Å². The van der Waals surface area contributed by atoms with Gasteiger partial charge in [-0.2, -0.15) is 5.10 Å². The first-order valence-corrected chi connectivity index (χ1v) is 9.38. The summed E-state index contributed by atoms with van der Waals surface area (Å²) < 4.78 is 12.7. The molecular weight excluding hydrogens is 386 g/mol. The maximum Gasteiger partial charge on any atom is 0.255 e. The van der Waals surface area contributed by atoms with Crippen LogP contribution in [0.2, 0.25) is 0 Å². The van der Waals surface area contributed by atoms with Gasteiger partial charge in [-0.05, 0) is 42.8 Å². The van der Waals surface area contributed by atoms with Gasteiger partial charge in [-0.25, -0.2) is 10.4 Å². The number of aromatic nitrogens is 2. The molecule has 3 N–H and O–H groups in total. The van der Waals surface area contributed by atoms with Crippen molar-refractivity contribution in [2.24, 2.45) is 17.9 Å². The molecule has 0 aliphatic carbocycles. The van der Waals surface area contributed by atoms with Gasteiger partial charge in [-0.3, -0.25) is 9.59 Å². The van der Waals surface area contributed by atoms with Gasteiger partial charge in [0.25, 0.3) is 5.91 Å². The number of carbonyl (C=O) groups excluding carboxylic acids is 2. The van der Waals surface area contributed by atoms with Gasteiger partial charge in [0.15, 0.2) is 18.1 Å². The molecule has 2 aromatic carbocycles. The van der Waals surface area contributed by atoms with E-state index in [-0.39, 0.29) is 18.9 Å². The van der Waals surface area contributed by atoms with E-state index in [0.717, 1.165) is 11.0 Å². The topological polar surface area (TPSA) is 121 Å². The Morgan fingerprint density at radius 3 is 2.73 bits per heavy atom. The van der Waals surface area contributed by atoms with Gasteiger partial charge in [0, 0.05) is 7.05 Å². The lowest BCUT2D eigenvalue weighted by Crippen LogP contribution is -2.21. The molecule has 0 atom stereocenters. The van der Waals surface area contributed by atoms with Crippen molar-refractivity contribution in [2.75, 3.05) is 13.2 Å². The summed E-state index contributed by atoms with van der Waals surface area (Å²) in [4.78, 5) is 27.6. The summed E-state index contributed by atoms with van der Waals surface area (Å²) in [6, 6.07) is 12.8. The van der Waals surface area contributed by atoms with Crippen molar-refractivity contribution in [2.45, 2.75) is 13.3 Å². The van der Waals surface area contributed by atoms with Crippen LogP contribution in [-0.2, 0) is 23.1 Å². The molecule has 0 radical (unpaired) electrons. The Morgan fingerprint density at radius 1 is 1.20 bits per heavy atom. The minimum Gasteiger partial charge on any atom is -0.490 e. The first kappa shape index (κ1) is 20.8. The minimum absolute atomic E-state index is 0.104. The summed E-state index contributed by atoms with van der Waals surface area (Å²) in [6.45, 7) is 2.01.